The number of aryl methyl sites for hydroxylation is 2. The van der Waals surface area contributed by atoms with Crippen molar-refractivity contribution < 1.29 is 95.4 Å². The lowest BCUT2D eigenvalue weighted by molar-refractivity contribution is -0.125. The van der Waals surface area contributed by atoms with E-state index in [1.807, 2.05) is 141 Å². The van der Waals surface area contributed by atoms with Gasteiger partial charge in [-0.05, 0) is 246 Å². The molecule has 0 aliphatic carbocycles. The Hall–Kier alpha value is -15.2. The smallest absolute Gasteiger partial charge is 0.338 e. The van der Waals surface area contributed by atoms with E-state index in [1.54, 1.807) is 177 Å². The summed E-state index contributed by atoms with van der Waals surface area (Å²) in [6.07, 6.45) is 10.4. The van der Waals surface area contributed by atoms with E-state index in [0.717, 1.165) is 92.5 Å². The number of hydrogen-bond acceptors (Lipinski definition) is 25. The largest absolute Gasteiger partial charge is 0.497 e. The van der Waals surface area contributed by atoms with Crippen molar-refractivity contribution in [3.05, 3.63) is 334 Å². The van der Waals surface area contributed by atoms with Crippen LogP contribution in [0.25, 0.3) is 0 Å². The molecule has 0 bridgehead atoms. The zero-order chi connectivity index (χ0) is 103. The number of esters is 3. The molecule has 0 radical (unpaired) electrons. The zero-order valence-electron chi connectivity index (χ0n) is 82.6. The van der Waals surface area contributed by atoms with E-state index >= 15 is 0 Å². The number of imide groups is 1. The van der Waals surface area contributed by atoms with Crippen LogP contribution in [-0.2, 0) is 91.3 Å². The van der Waals surface area contributed by atoms with E-state index in [2.05, 4.69) is 21.5 Å². The highest BCUT2D eigenvalue weighted by Gasteiger charge is 2.49. The Morgan fingerprint density at radius 3 is 1.63 bits per heavy atom. The number of para-hydroxylation sites is 1. The molecule has 0 saturated carbocycles. The summed E-state index contributed by atoms with van der Waals surface area (Å²) >= 11 is 11.5. The molecular formula is C114H119N9O20S2. The number of carbonyl (C=O) groups excluding carboxylic acids is 12. The molecule has 29 nitrogen and oxygen atoms in total. The van der Waals surface area contributed by atoms with Gasteiger partial charge in [-0.25, -0.2) is 24.1 Å². The molecule has 4 unspecified atom stereocenters. The number of urea groups is 1. The van der Waals surface area contributed by atoms with Crippen molar-refractivity contribution in [3.8, 4) is 23.0 Å². The van der Waals surface area contributed by atoms with Gasteiger partial charge in [0.05, 0.1) is 80.5 Å². The number of pyridine rings is 1. The normalized spacial score (nSPS) is 16.3. The van der Waals surface area contributed by atoms with Crippen LogP contribution < -0.4 is 33.6 Å². The van der Waals surface area contributed by atoms with E-state index in [1.165, 1.54) is 16.9 Å². The number of nitrogens with zero attached hydrogens (tertiary/aromatic N) is 9. The molecule has 0 N–H and O–H groups in total. The van der Waals surface area contributed by atoms with Crippen LogP contribution in [0.4, 0.5) is 21.9 Å². The van der Waals surface area contributed by atoms with Gasteiger partial charge in [-0.1, -0.05) is 126 Å². The molecule has 6 aliphatic rings. The molecule has 6 aliphatic heterocycles. The highest BCUT2D eigenvalue weighted by Crippen LogP contribution is 2.38. The fraction of sp³-hybridized carbons (Fsp3) is 0.316. The summed E-state index contributed by atoms with van der Waals surface area (Å²) in [5, 5.41) is 0.793. The maximum absolute atomic E-state index is 13.6. The Labute approximate surface area is 855 Å². The van der Waals surface area contributed by atoms with Crippen LogP contribution in [0.1, 0.15) is 165 Å². The minimum Gasteiger partial charge on any atom is -0.497 e. The first-order valence-corrected chi connectivity index (χ1v) is 49.1. The molecule has 31 heteroatoms. The number of carbonyl (C=O) groups is 12. The fourth-order valence-corrected chi connectivity index (χ4v) is 18.3. The van der Waals surface area contributed by atoms with Gasteiger partial charge in [-0.2, -0.15) is 0 Å². The lowest BCUT2D eigenvalue weighted by atomic mass is 9.87. The summed E-state index contributed by atoms with van der Waals surface area (Å²) < 4.78 is 41.9. The first kappa shape index (κ1) is 107. The molecule has 7 heterocycles. The number of methoxy groups -OCH3 is 2. The minimum absolute atomic E-state index is 0.00624. The second-order valence-corrected chi connectivity index (χ2v) is 36.5. The molecule has 10 aromatic rings. The van der Waals surface area contributed by atoms with Crippen molar-refractivity contribution in [2.45, 2.75) is 156 Å². The van der Waals surface area contributed by atoms with E-state index in [9.17, 15) is 57.5 Å². The van der Waals surface area contributed by atoms with Crippen LogP contribution in [0.2, 0.25) is 0 Å². The molecule has 5 amide bonds. The van der Waals surface area contributed by atoms with Gasteiger partial charge in [0.15, 0.2) is 27.5 Å². The summed E-state index contributed by atoms with van der Waals surface area (Å²) in [5.41, 5.74) is 12.8. The van der Waals surface area contributed by atoms with Gasteiger partial charge in [-0.3, -0.25) is 63.0 Å². The monoisotopic (exact) mass is 2000 g/mol. The van der Waals surface area contributed by atoms with E-state index in [0.29, 0.717) is 132 Å². The third-order valence-electron chi connectivity index (χ3n) is 25.0. The molecule has 145 heavy (non-hydrogen) atoms. The van der Waals surface area contributed by atoms with Gasteiger partial charge in [0, 0.05) is 133 Å². The minimum atomic E-state index is -0.958. The van der Waals surface area contributed by atoms with Crippen molar-refractivity contribution in [1.29, 1.82) is 0 Å². The van der Waals surface area contributed by atoms with Crippen LogP contribution in [0.3, 0.4) is 0 Å². The van der Waals surface area contributed by atoms with Crippen LogP contribution in [0.5, 0.6) is 23.0 Å². The number of fused-ring (bicyclic) bond motifs is 1. The number of Topliss-reactive ketones (excluding diaryl/α,β-unsaturated/α-hetero) is 5. The van der Waals surface area contributed by atoms with E-state index in [4.69, 9.17) is 62.3 Å². The lowest BCUT2D eigenvalue weighted by Crippen LogP contribution is -2.45. The molecule has 9 aromatic carbocycles. The summed E-state index contributed by atoms with van der Waals surface area (Å²) in [4.78, 5) is 175. The number of allylic oxidation sites excluding steroid dienone is 2. The molecule has 1 aromatic heterocycles. The van der Waals surface area contributed by atoms with Crippen molar-refractivity contribution in [1.82, 2.24) is 24.6 Å². The Bertz CT molecular complexity index is 6400. The highest BCUT2D eigenvalue weighted by atomic mass is 32.1. The SMILES string of the molecule is C=CCC1C(CCC(=O)c2cccc(C)c2)=CN=C1CCC(=O)Cc1cccc(C(=O)OC(C)C)c1.CCOC(=O)c1ccc(CC(=O)CC2C(=O)N(c3ccc(C)cc3)C(=S)N2Cc2cccnc2)cc1.CCOc1ccc(CC(=O)CC2C(=O)N(c3ccc(OC)cc3)C(=S)N2CCN2CCOCC2)cc1.COC(=O)c1ccc(CC(=O)CC2C(=O)N(c3ccccc3)C(=O)N2Cc2ccc3c(c2)OCO3)cc1. The maximum atomic E-state index is 13.6. The summed E-state index contributed by atoms with van der Waals surface area (Å²) in [6.45, 7) is 21.0. The molecular weight excluding hydrogens is 1880 g/mol. The van der Waals surface area contributed by atoms with Crippen molar-refractivity contribution >= 4 is 128 Å². The van der Waals surface area contributed by atoms with Crippen LogP contribution in [0, 0.1) is 19.8 Å². The molecule has 4 fully saturated rings. The van der Waals surface area contributed by atoms with Crippen molar-refractivity contribution in [3.63, 3.8) is 0 Å². The number of rotatable bonds is 41. The zero-order valence-corrected chi connectivity index (χ0v) is 84.2. The first-order valence-electron chi connectivity index (χ1n) is 48.3. The van der Waals surface area contributed by atoms with Crippen LogP contribution in [-0.4, -0.2) is 209 Å². The third-order valence-corrected chi connectivity index (χ3v) is 25.8. The predicted molar refractivity (Wildman–Crippen MR) is 558 cm³/mol. The Balaban J connectivity index is 0.000000162. The number of hydrogen-bond donors (Lipinski definition) is 0. The number of ketones is 5. The predicted octanol–water partition coefficient (Wildman–Crippen LogP) is 17.6. The Kier molecular flexibility index (Phi) is 38.6. The number of benzene rings is 9. The topological polar surface area (TPSA) is 327 Å². The molecule has 752 valence electrons. The van der Waals surface area contributed by atoms with E-state index in [-0.39, 0.29) is 117 Å². The quantitative estimate of drug-likeness (QED) is 0.00858. The van der Waals surface area contributed by atoms with Gasteiger partial charge in [-0.15, -0.1) is 6.58 Å². The number of amides is 5. The highest BCUT2D eigenvalue weighted by molar-refractivity contribution is 7.80. The van der Waals surface area contributed by atoms with Gasteiger partial charge >= 0.3 is 23.9 Å². The van der Waals surface area contributed by atoms with Gasteiger partial charge < -0.3 is 52.6 Å². The molecule has 0 spiro atoms. The third kappa shape index (κ3) is 29.1. The van der Waals surface area contributed by atoms with Gasteiger partial charge in [0.25, 0.3) is 17.7 Å². The average molecular weight is 2000 g/mol. The van der Waals surface area contributed by atoms with E-state index < -0.39 is 42.0 Å². The number of anilines is 3. The first-order chi connectivity index (χ1) is 70.1. The standard InChI is InChI=1S/C31H35NO4.C28H27N3O4S.C28H24N2O7.C27H33N3O5S/c1-5-8-28-26(13-16-30(34)24-11-6-9-22(4)17-24)20-32-29(28)15-14-27(33)19-23-10-7-12-25(18-23)31(35)36-21(2)3;1-3-35-27(34)22-10-8-20(9-11-22)15-24(32)16-25-26(33)31(23-12-6-19(2)7-13-23)28(36)30(25)18-21-5-4-14-29-17-21;1-35-27(33)20-10-7-18(8-11-20)13-22(31)15-23-26(32)30(21-5-3-2-4-6-21)28(34)29(23)16-19-9-12-24-25(14-19)37-17-36-24;1-3-35-24-8-4-20(5-9-24)18-22(31)19-25-26(32)30(21-6-10-23(33-2)11-7-21)27(36)29(25)13-12-28-14-16-34-17-15-28/h5-7,9-12,17-18,20-21,28H,1,8,13-16,19H2,2-4H3;4-14,17,25H,3,15-16,18H2,1-2H3;2-12,14,23H,13,15-17H2,1H3;4-11,25H,3,12-19H2,1-2H3. The van der Waals surface area contributed by atoms with Crippen LogP contribution >= 0.6 is 24.4 Å². The summed E-state index contributed by atoms with van der Waals surface area (Å²) in [6, 6.07) is 65.2. The molecule has 16 rings (SSSR count). The number of aliphatic imine (C=N–C) groups is 1. The molecule has 4 atom stereocenters. The Morgan fingerprint density at radius 2 is 1.03 bits per heavy atom. The number of aromatic nitrogens is 1. The summed E-state index contributed by atoms with van der Waals surface area (Å²) in [7, 11) is 2.90. The Morgan fingerprint density at radius 1 is 0.490 bits per heavy atom. The number of ether oxygens (including phenoxy) is 8. The summed E-state index contributed by atoms with van der Waals surface area (Å²) in [5.74, 6) is 0.554. The van der Waals surface area contributed by atoms with Crippen LogP contribution in [0.15, 0.2) is 272 Å². The number of thiocarbonyl (C=S) groups is 2. The second kappa shape index (κ2) is 52.2. The van der Waals surface area contributed by atoms with Gasteiger partial charge in [0.1, 0.15) is 52.8 Å². The molecule has 4 saturated heterocycles. The van der Waals surface area contributed by atoms with Crippen molar-refractivity contribution in [2.24, 2.45) is 10.9 Å². The second-order valence-electron chi connectivity index (χ2n) is 35.7. The van der Waals surface area contributed by atoms with Gasteiger partial charge in [0.2, 0.25) is 6.79 Å². The fourth-order valence-electron chi connectivity index (χ4n) is 17.5. The van der Waals surface area contributed by atoms with Crippen molar-refractivity contribution in [2.75, 3.05) is 88.3 Å². The average Bonchev–Trinajstić information content (AvgIpc) is 1.64. The lowest BCUT2D eigenvalue weighted by Gasteiger charge is -2.30. The maximum Gasteiger partial charge on any atom is 0.338 e. The number of morpholine rings is 1.